The van der Waals surface area contributed by atoms with Crippen molar-refractivity contribution in [3.8, 4) is 0 Å². The molecule has 4 nitrogen and oxygen atoms in total. The molecule has 0 fully saturated rings. The second-order valence-corrected chi connectivity index (χ2v) is 3.49. The summed E-state index contributed by atoms with van der Waals surface area (Å²) in [6.45, 7) is 3.30. The van der Waals surface area contributed by atoms with Gasteiger partial charge < -0.3 is 0 Å². The Balaban J connectivity index is 3.08. The molecule has 1 aromatic heterocycles. The fourth-order valence-electron chi connectivity index (χ4n) is 0.925. The summed E-state index contributed by atoms with van der Waals surface area (Å²) in [5, 5.41) is 0. The van der Waals surface area contributed by atoms with Crippen LogP contribution in [0.4, 0.5) is 5.82 Å². The van der Waals surface area contributed by atoms with Gasteiger partial charge in [0, 0.05) is 14.0 Å². The van der Waals surface area contributed by atoms with Gasteiger partial charge in [0.25, 0.3) is 0 Å². The zero-order chi connectivity index (χ0) is 10.0. The van der Waals surface area contributed by atoms with Crippen molar-refractivity contribution >= 4 is 27.7 Å². The fraction of sp³-hybridized carbons (Fsp3) is 0.375. The first kappa shape index (κ1) is 10.1. The number of aromatic nitrogens is 2. The Morgan fingerprint density at radius 1 is 1.62 bits per heavy atom. The van der Waals surface area contributed by atoms with E-state index in [0.29, 0.717) is 10.4 Å². The second kappa shape index (κ2) is 3.83. The second-order valence-electron chi connectivity index (χ2n) is 2.68. The first-order valence-electron chi connectivity index (χ1n) is 3.76. The van der Waals surface area contributed by atoms with E-state index in [1.165, 1.54) is 11.8 Å². The molecule has 1 rings (SSSR count). The molecule has 70 valence electrons. The van der Waals surface area contributed by atoms with Crippen molar-refractivity contribution in [1.82, 2.24) is 9.97 Å². The summed E-state index contributed by atoms with van der Waals surface area (Å²) >= 11 is 3.21. The minimum absolute atomic E-state index is 0.0558. The summed E-state index contributed by atoms with van der Waals surface area (Å²) in [5.74, 6) is 0.537. The zero-order valence-corrected chi connectivity index (χ0v) is 9.29. The van der Waals surface area contributed by atoms with Crippen LogP contribution in [0.1, 0.15) is 12.6 Å². The number of hydrogen-bond donors (Lipinski definition) is 0. The lowest BCUT2D eigenvalue weighted by molar-refractivity contribution is -0.116. The van der Waals surface area contributed by atoms with Crippen LogP contribution in [-0.2, 0) is 4.79 Å². The van der Waals surface area contributed by atoms with E-state index >= 15 is 0 Å². The molecule has 0 bridgehead atoms. The van der Waals surface area contributed by atoms with E-state index in [1.54, 1.807) is 13.2 Å². The highest BCUT2D eigenvalue weighted by molar-refractivity contribution is 9.10. The van der Waals surface area contributed by atoms with E-state index in [0.717, 1.165) is 5.69 Å². The number of amides is 1. The molecule has 0 radical (unpaired) electrons. The molecule has 0 unspecified atom stereocenters. The molecule has 5 heteroatoms. The lowest BCUT2D eigenvalue weighted by atomic mass is 10.4. The lowest BCUT2D eigenvalue weighted by Crippen LogP contribution is -2.25. The molecule has 1 heterocycles. The molecule has 0 atom stereocenters. The smallest absolute Gasteiger partial charge is 0.224 e. The highest BCUT2D eigenvalue weighted by Crippen LogP contribution is 2.15. The minimum atomic E-state index is -0.0558. The third kappa shape index (κ3) is 2.24. The number of carbonyl (C=O) groups excluding carboxylic acids is 1. The summed E-state index contributed by atoms with van der Waals surface area (Å²) < 4.78 is 0.672. The quantitative estimate of drug-likeness (QED) is 0.752. The number of carbonyl (C=O) groups is 1. The molecule has 0 aromatic carbocycles. The van der Waals surface area contributed by atoms with E-state index < -0.39 is 0 Å². The average Bonchev–Trinajstić information content (AvgIpc) is 2.03. The number of nitrogens with zero attached hydrogens (tertiary/aromatic N) is 3. The maximum absolute atomic E-state index is 11.0. The average molecular weight is 244 g/mol. The molecule has 0 N–H and O–H groups in total. The van der Waals surface area contributed by atoms with Crippen molar-refractivity contribution < 1.29 is 4.79 Å². The monoisotopic (exact) mass is 243 g/mol. The van der Waals surface area contributed by atoms with Crippen LogP contribution in [0.2, 0.25) is 0 Å². The Morgan fingerprint density at radius 3 is 2.69 bits per heavy atom. The molecule has 1 amide bonds. The Labute approximate surface area is 85.1 Å². The van der Waals surface area contributed by atoms with Gasteiger partial charge in [-0.2, -0.15) is 0 Å². The van der Waals surface area contributed by atoms with E-state index in [9.17, 15) is 4.79 Å². The van der Waals surface area contributed by atoms with Crippen LogP contribution in [0.15, 0.2) is 10.8 Å². The van der Waals surface area contributed by atoms with Crippen LogP contribution in [-0.4, -0.2) is 22.9 Å². The van der Waals surface area contributed by atoms with Gasteiger partial charge in [0.1, 0.15) is 4.60 Å². The van der Waals surface area contributed by atoms with Gasteiger partial charge in [0.15, 0.2) is 5.82 Å². The van der Waals surface area contributed by atoms with E-state index in [4.69, 9.17) is 0 Å². The standard InChI is InChI=1S/C8H10BrN3O/c1-5-8(12(3)6(2)13)10-4-7(9)11-5/h4H,1-3H3. The highest BCUT2D eigenvalue weighted by atomic mass is 79.9. The molecule has 0 aliphatic heterocycles. The third-order valence-corrected chi connectivity index (χ3v) is 2.06. The molecular weight excluding hydrogens is 234 g/mol. The number of aryl methyl sites for hydroxylation is 1. The summed E-state index contributed by atoms with van der Waals surface area (Å²) in [4.78, 5) is 20.7. The predicted octanol–water partition coefficient (Wildman–Crippen LogP) is 1.53. The SMILES string of the molecule is CC(=O)N(C)c1ncc(Br)nc1C. The summed E-state index contributed by atoms with van der Waals surface area (Å²) in [6, 6.07) is 0. The van der Waals surface area contributed by atoms with Gasteiger partial charge in [-0.3, -0.25) is 9.69 Å². The molecule has 1 aromatic rings. The molecule has 0 saturated heterocycles. The topological polar surface area (TPSA) is 46.1 Å². The first-order valence-corrected chi connectivity index (χ1v) is 4.55. The van der Waals surface area contributed by atoms with Crippen molar-refractivity contribution in [2.75, 3.05) is 11.9 Å². The zero-order valence-electron chi connectivity index (χ0n) is 7.71. The van der Waals surface area contributed by atoms with Crippen LogP contribution in [0.3, 0.4) is 0 Å². The molecule has 0 aliphatic carbocycles. The molecule has 0 saturated carbocycles. The summed E-state index contributed by atoms with van der Waals surface area (Å²) in [7, 11) is 1.67. The summed E-state index contributed by atoms with van der Waals surface area (Å²) in [5.41, 5.74) is 0.729. The van der Waals surface area contributed by atoms with Gasteiger partial charge in [0.2, 0.25) is 5.91 Å². The van der Waals surface area contributed by atoms with Crippen LogP contribution < -0.4 is 4.90 Å². The number of halogens is 1. The van der Waals surface area contributed by atoms with Crippen molar-refractivity contribution in [2.24, 2.45) is 0 Å². The molecule has 13 heavy (non-hydrogen) atoms. The van der Waals surface area contributed by atoms with Gasteiger partial charge in [-0.25, -0.2) is 9.97 Å². The largest absolute Gasteiger partial charge is 0.299 e. The predicted molar refractivity (Wildman–Crippen MR) is 53.6 cm³/mol. The van der Waals surface area contributed by atoms with Crippen molar-refractivity contribution in [2.45, 2.75) is 13.8 Å². The molecule has 0 spiro atoms. The maximum atomic E-state index is 11.0. The van der Waals surface area contributed by atoms with Crippen molar-refractivity contribution in [3.63, 3.8) is 0 Å². The van der Waals surface area contributed by atoms with Crippen LogP contribution in [0.25, 0.3) is 0 Å². The third-order valence-electron chi connectivity index (χ3n) is 1.68. The van der Waals surface area contributed by atoms with Crippen molar-refractivity contribution in [3.05, 3.63) is 16.5 Å². The molecule has 0 aliphatic rings. The molecular formula is C8H10BrN3O. The van der Waals surface area contributed by atoms with Gasteiger partial charge >= 0.3 is 0 Å². The van der Waals surface area contributed by atoms with Crippen LogP contribution in [0.5, 0.6) is 0 Å². The van der Waals surface area contributed by atoms with Gasteiger partial charge in [-0.1, -0.05) is 0 Å². The van der Waals surface area contributed by atoms with Gasteiger partial charge in [-0.15, -0.1) is 0 Å². The normalized spacial score (nSPS) is 9.85. The van der Waals surface area contributed by atoms with Crippen LogP contribution in [0, 0.1) is 6.92 Å². The first-order chi connectivity index (χ1) is 6.02. The highest BCUT2D eigenvalue weighted by Gasteiger charge is 2.10. The van der Waals surface area contributed by atoms with Crippen molar-refractivity contribution in [1.29, 1.82) is 0 Å². The Hall–Kier alpha value is -0.970. The number of anilines is 1. The van der Waals surface area contributed by atoms with Gasteiger partial charge in [-0.05, 0) is 22.9 Å². The number of hydrogen-bond acceptors (Lipinski definition) is 3. The van der Waals surface area contributed by atoms with Gasteiger partial charge in [0.05, 0.1) is 11.9 Å². The maximum Gasteiger partial charge on any atom is 0.224 e. The van der Waals surface area contributed by atoms with E-state index in [2.05, 4.69) is 25.9 Å². The Morgan fingerprint density at radius 2 is 2.23 bits per heavy atom. The van der Waals surface area contributed by atoms with E-state index in [-0.39, 0.29) is 5.91 Å². The fourth-order valence-corrected chi connectivity index (χ4v) is 1.29. The number of rotatable bonds is 1. The Kier molecular flexibility index (Phi) is 2.98. The lowest BCUT2D eigenvalue weighted by Gasteiger charge is -2.15. The Bertz CT molecular complexity index is 340. The van der Waals surface area contributed by atoms with Crippen LogP contribution >= 0.6 is 15.9 Å². The van der Waals surface area contributed by atoms with E-state index in [1.807, 2.05) is 6.92 Å². The minimum Gasteiger partial charge on any atom is -0.299 e. The summed E-state index contributed by atoms with van der Waals surface area (Å²) in [6.07, 6.45) is 1.57.